The molecule has 182 valence electrons. The molecule has 1 unspecified atom stereocenters. The van der Waals surface area contributed by atoms with Crippen molar-refractivity contribution >= 4 is 23.1 Å². The second kappa shape index (κ2) is 10.6. The van der Waals surface area contributed by atoms with Crippen molar-refractivity contribution in [2.45, 2.75) is 12.5 Å². The van der Waals surface area contributed by atoms with E-state index in [2.05, 4.69) is 0 Å². The molecule has 1 saturated heterocycles. The third-order valence-corrected chi connectivity index (χ3v) is 5.93. The molecule has 0 bridgehead atoms. The maximum atomic E-state index is 13.2. The van der Waals surface area contributed by atoms with E-state index >= 15 is 0 Å². The molecule has 0 saturated carbocycles. The van der Waals surface area contributed by atoms with Gasteiger partial charge in [0.2, 0.25) is 0 Å². The van der Waals surface area contributed by atoms with Crippen molar-refractivity contribution in [3.8, 4) is 11.5 Å². The fourth-order valence-corrected chi connectivity index (χ4v) is 4.11. The van der Waals surface area contributed by atoms with E-state index in [4.69, 9.17) is 9.47 Å². The van der Waals surface area contributed by atoms with E-state index in [1.54, 1.807) is 23.1 Å². The number of ketones is 1. The van der Waals surface area contributed by atoms with Crippen LogP contribution in [0.4, 0.5) is 5.69 Å². The molecule has 0 radical (unpaired) electrons. The average Bonchev–Trinajstić information content (AvgIpc) is 3.08. The van der Waals surface area contributed by atoms with Crippen molar-refractivity contribution in [3.63, 3.8) is 0 Å². The number of nitrogens with zero attached hydrogens (tertiary/aromatic N) is 3. The number of hydrogen-bond acceptors (Lipinski definition) is 7. The SMILES string of the molecule is COc1ccc(/C(O)=C2/C(=O)C(=O)N(CCCN(C)C)C2c2ccc(N(C)C)cc2)c(OC)c1. The van der Waals surface area contributed by atoms with Gasteiger partial charge in [-0.3, -0.25) is 9.59 Å². The number of Topliss-reactive ketones (excluding diaryl/α,β-unsaturated/α-hetero) is 1. The maximum absolute atomic E-state index is 13.2. The number of benzene rings is 2. The highest BCUT2D eigenvalue weighted by Crippen LogP contribution is 2.41. The minimum atomic E-state index is -0.707. The number of amides is 1. The van der Waals surface area contributed by atoms with Gasteiger partial charge in [0.15, 0.2) is 0 Å². The second-order valence-electron chi connectivity index (χ2n) is 8.70. The lowest BCUT2D eigenvalue weighted by molar-refractivity contribution is -0.139. The van der Waals surface area contributed by atoms with E-state index in [1.165, 1.54) is 14.2 Å². The number of carbonyl (C=O) groups is 2. The molecule has 1 atom stereocenters. The monoisotopic (exact) mass is 467 g/mol. The number of aliphatic hydroxyl groups excluding tert-OH is 1. The van der Waals surface area contributed by atoms with Crippen molar-refractivity contribution < 1.29 is 24.2 Å². The number of hydrogen-bond donors (Lipinski definition) is 1. The summed E-state index contributed by atoms with van der Waals surface area (Å²) in [4.78, 5) is 31.9. The standard InChI is InChI=1S/C26H33N3O5/c1-27(2)14-7-15-29-23(17-8-10-18(11-9-17)28(3)4)22(25(31)26(29)32)24(30)20-13-12-19(33-5)16-21(20)34-6/h8-13,16,23,30H,7,14-15H2,1-6H3/b24-22-. The van der Waals surface area contributed by atoms with Crippen LogP contribution in [-0.2, 0) is 9.59 Å². The van der Waals surface area contributed by atoms with E-state index in [1.807, 2.05) is 62.3 Å². The molecule has 8 nitrogen and oxygen atoms in total. The lowest BCUT2D eigenvalue weighted by atomic mass is 9.94. The largest absolute Gasteiger partial charge is 0.507 e. The molecule has 1 aliphatic rings. The molecular formula is C26H33N3O5. The summed E-state index contributed by atoms with van der Waals surface area (Å²) in [5, 5.41) is 11.3. The zero-order valence-electron chi connectivity index (χ0n) is 20.7. The second-order valence-corrected chi connectivity index (χ2v) is 8.70. The first-order valence-corrected chi connectivity index (χ1v) is 11.1. The summed E-state index contributed by atoms with van der Waals surface area (Å²) < 4.78 is 10.7. The molecule has 0 aliphatic carbocycles. The van der Waals surface area contributed by atoms with E-state index in [9.17, 15) is 14.7 Å². The molecule has 34 heavy (non-hydrogen) atoms. The van der Waals surface area contributed by atoms with Gasteiger partial charge in [0, 0.05) is 32.4 Å². The first kappa shape index (κ1) is 25.1. The lowest BCUT2D eigenvalue weighted by Gasteiger charge is -2.26. The van der Waals surface area contributed by atoms with Crippen LogP contribution in [0.25, 0.3) is 5.76 Å². The fourth-order valence-electron chi connectivity index (χ4n) is 4.11. The fraction of sp³-hybridized carbons (Fsp3) is 0.385. The van der Waals surface area contributed by atoms with Gasteiger partial charge in [0.05, 0.1) is 31.4 Å². The van der Waals surface area contributed by atoms with Gasteiger partial charge in [0.1, 0.15) is 17.3 Å². The Morgan fingerprint density at radius 3 is 2.24 bits per heavy atom. The highest BCUT2D eigenvalue weighted by Gasteiger charge is 2.46. The summed E-state index contributed by atoms with van der Waals surface area (Å²) >= 11 is 0. The molecule has 2 aromatic rings. The summed E-state index contributed by atoms with van der Waals surface area (Å²) in [6, 6.07) is 11.9. The summed E-state index contributed by atoms with van der Waals surface area (Å²) in [6.45, 7) is 1.15. The van der Waals surface area contributed by atoms with Crippen LogP contribution in [0.5, 0.6) is 11.5 Å². The molecule has 1 aliphatic heterocycles. The number of aliphatic hydroxyl groups is 1. The molecular weight excluding hydrogens is 434 g/mol. The van der Waals surface area contributed by atoms with E-state index in [0.717, 1.165) is 17.8 Å². The first-order chi connectivity index (χ1) is 16.2. The van der Waals surface area contributed by atoms with Gasteiger partial charge < -0.3 is 29.3 Å². The minimum Gasteiger partial charge on any atom is -0.507 e. The molecule has 2 aromatic carbocycles. The van der Waals surface area contributed by atoms with Crippen LogP contribution in [0.3, 0.4) is 0 Å². The summed E-state index contributed by atoms with van der Waals surface area (Å²) in [7, 11) is 10.8. The molecule has 1 fully saturated rings. The normalized spacial score (nSPS) is 17.4. The third-order valence-electron chi connectivity index (χ3n) is 5.93. The Balaban J connectivity index is 2.14. The molecule has 1 N–H and O–H groups in total. The van der Waals surface area contributed by atoms with Gasteiger partial charge in [-0.15, -0.1) is 0 Å². The summed E-state index contributed by atoms with van der Waals surface area (Å²) in [5.41, 5.74) is 2.12. The van der Waals surface area contributed by atoms with Crippen molar-refractivity contribution in [2.24, 2.45) is 0 Å². The molecule has 8 heteroatoms. The predicted molar refractivity (Wildman–Crippen MR) is 132 cm³/mol. The lowest BCUT2D eigenvalue weighted by Crippen LogP contribution is -2.32. The van der Waals surface area contributed by atoms with E-state index < -0.39 is 17.7 Å². The molecule has 3 rings (SSSR count). The molecule has 1 amide bonds. The van der Waals surface area contributed by atoms with Crippen LogP contribution in [-0.4, -0.2) is 82.1 Å². The van der Waals surface area contributed by atoms with Crippen molar-refractivity contribution in [1.29, 1.82) is 0 Å². The molecule has 0 aromatic heterocycles. The Hall–Kier alpha value is -3.52. The zero-order valence-corrected chi connectivity index (χ0v) is 20.7. The van der Waals surface area contributed by atoms with Gasteiger partial charge in [-0.2, -0.15) is 0 Å². The first-order valence-electron chi connectivity index (χ1n) is 11.1. The number of carbonyl (C=O) groups excluding carboxylic acids is 2. The van der Waals surface area contributed by atoms with Crippen LogP contribution >= 0.6 is 0 Å². The van der Waals surface area contributed by atoms with Gasteiger partial charge in [-0.1, -0.05) is 12.1 Å². The highest BCUT2D eigenvalue weighted by atomic mass is 16.5. The maximum Gasteiger partial charge on any atom is 0.295 e. The van der Waals surface area contributed by atoms with Crippen LogP contribution < -0.4 is 14.4 Å². The van der Waals surface area contributed by atoms with Gasteiger partial charge in [-0.25, -0.2) is 0 Å². The average molecular weight is 468 g/mol. The Labute approximate surface area is 201 Å². The van der Waals surface area contributed by atoms with Gasteiger partial charge in [-0.05, 0) is 56.9 Å². The van der Waals surface area contributed by atoms with Crippen molar-refractivity contribution in [1.82, 2.24) is 9.80 Å². The minimum absolute atomic E-state index is 0.0518. The molecule has 1 heterocycles. The van der Waals surface area contributed by atoms with Crippen LogP contribution in [0.15, 0.2) is 48.0 Å². The smallest absolute Gasteiger partial charge is 0.295 e. The third kappa shape index (κ3) is 5.02. The Morgan fingerprint density at radius 1 is 1.00 bits per heavy atom. The molecule has 0 spiro atoms. The number of methoxy groups -OCH3 is 2. The van der Waals surface area contributed by atoms with Crippen LogP contribution in [0, 0.1) is 0 Å². The Bertz CT molecular complexity index is 1080. The summed E-state index contributed by atoms with van der Waals surface area (Å²) in [5.74, 6) is -0.697. The highest BCUT2D eigenvalue weighted by molar-refractivity contribution is 6.46. The quantitative estimate of drug-likeness (QED) is 0.345. The topological polar surface area (TPSA) is 82.5 Å². The number of rotatable bonds is 9. The summed E-state index contributed by atoms with van der Waals surface area (Å²) in [6.07, 6.45) is 0.693. The van der Waals surface area contributed by atoms with E-state index in [0.29, 0.717) is 30.0 Å². The van der Waals surface area contributed by atoms with Crippen molar-refractivity contribution in [3.05, 3.63) is 59.2 Å². The van der Waals surface area contributed by atoms with Crippen LogP contribution in [0.2, 0.25) is 0 Å². The van der Waals surface area contributed by atoms with Gasteiger partial charge in [0.25, 0.3) is 11.7 Å². The Morgan fingerprint density at radius 2 is 1.68 bits per heavy atom. The number of likely N-dealkylation sites (tertiary alicyclic amines) is 1. The predicted octanol–water partition coefficient (Wildman–Crippen LogP) is 3.14. The van der Waals surface area contributed by atoms with Crippen molar-refractivity contribution in [2.75, 3.05) is 60.4 Å². The van der Waals surface area contributed by atoms with E-state index in [-0.39, 0.29) is 11.3 Å². The zero-order chi connectivity index (χ0) is 25.0. The number of anilines is 1. The Kier molecular flexibility index (Phi) is 7.83. The van der Waals surface area contributed by atoms with Gasteiger partial charge >= 0.3 is 0 Å². The number of ether oxygens (including phenoxy) is 2. The van der Waals surface area contributed by atoms with Crippen LogP contribution in [0.1, 0.15) is 23.6 Å².